The van der Waals surface area contributed by atoms with Gasteiger partial charge in [-0.05, 0) is 48.2 Å². The second-order valence-corrected chi connectivity index (χ2v) is 5.32. The molecule has 134 valence electrons. The SMILES string of the molecule is [2H]C([2H])([2H])Oc1ccc2cc([C@H](C)C(=O)OCCCC([2H])([2H])O[N+](=O)[O-])ccc2c1. The maximum atomic E-state index is 12.3. The molecule has 0 fully saturated rings. The summed E-state index contributed by atoms with van der Waals surface area (Å²) in [6.45, 7) is -0.889. The van der Waals surface area contributed by atoms with Gasteiger partial charge in [0.25, 0.3) is 5.09 Å². The summed E-state index contributed by atoms with van der Waals surface area (Å²) in [6.07, 6.45) is -0.241. The first kappa shape index (κ1) is 12.5. The van der Waals surface area contributed by atoms with Crippen LogP contribution in [0.4, 0.5) is 0 Å². The largest absolute Gasteiger partial charge is 0.497 e. The summed E-state index contributed by atoms with van der Waals surface area (Å²) in [6, 6.07) is 10.1. The van der Waals surface area contributed by atoms with Crippen molar-refractivity contribution in [3.05, 3.63) is 52.1 Å². The average molecular weight is 352 g/mol. The van der Waals surface area contributed by atoms with E-state index in [4.69, 9.17) is 16.3 Å². The lowest BCUT2D eigenvalue weighted by Gasteiger charge is -2.13. The number of hydrogen-bond donors (Lipinski definition) is 0. The van der Waals surface area contributed by atoms with Gasteiger partial charge < -0.3 is 14.3 Å². The molecule has 0 heterocycles. The van der Waals surface area contributed by atoms with Crippen LogP contribution >= 0.6 is 0 Å². The summed E-state index contributed by atoms with van der Waals surface area (Å²) in [7, 11) is -2.54. The molecule has 0 bridgehead atoms. The summed E-state index contributed by atoms with van der Waals surface area (Å²) < 4.78 is 46.1. The fourth-order valence-electron chi connectivity index (χ4n) is 2.25. The molecule has 0 spiro atoms. The highest BCUT2D eigenvalue weighted by atomic mass is 16.9. The Balaban J connectivity index is 1.95. The van der Waals surface area contributed by atoms with Crippen LogP contribution in [0.1, 0.15) is 38.1 Å². The van der Waals surface area contributed by atoms with Crippen LogP contribution in [0.5, 0.6) is 5.75 Å². The van der Waals surface area contributed by atoms with Gasteiger partial charge in [-0.25, -0.2) is 0 Å². The number of carbonyl (C=O) groups is 1. The summed E-state index contributed by atoms with van der Waals surface area (Å²) in [5, 5.41) is 10.5. The van der Waals surface area contributed by atoms with Crippen LogP contribution in [-0.2, 0) is 14.4 Å². The van der Waals surface area contributed by atoms with Crippen molar-refractivity contribution in [2.45, 2.75) is 25.7 Å². The zero-order chi connectivity index (χ0) is 22.5. The van der Waals surface area contributed by atoms with Crippen molar-refractivity contribution in [2.24, 2.45) is 0 Å². The molecule has 2 aromatic carbocycles. The Morgan fingerprint density at radius 3 is 2.80 bits per heavy atom. The second-order valence-electron chi connectivity index (χ2n) is 5.32. The average Bonchev–Trinajstić information content (AvgIpc) is 2.61. The number of fused-ring (bicyclic) bond motifs is 1. The van der Waals surface area contributed by atoms with E-state index in [1.807, 2.05) is 0 Å². The Kier molecular flexibility index (Phi) is 4.44. The van der Waals surface area contributed by atoms with E-state index in [1.54, 1.807) is 37.3 Å². The molecular weight excluding hydrogens is 326 g/mol. The number of hydrogen-bond acceptors (Lipinski definition) is 6. The zero-order valence-electron chi connectivity index (χ0n) is 18.6. The van der Waals surface area contributed by atoms with Gasteiger partial charge in [-0.15, -0.1) is 10.1 Å². The lowest BCUT2D eigenvalue weighted by Crippen LogP contribution is -2.14. The van der Waals surface area contributed by atoms with Crippen LogP contribution in [0, 0.1) is 10.1 Å². The molecule has 0 amide bonds. The third kappa shape index (κ3) is 5.34. The highest BCUT2D eigenvalue weighted by Crippen LogP contribution is 2.25. The van der Waals surface area contributed by atoms with Gasteiger partial charge in [0.05, 0.1) is 33.0 Å². The van der Waals surface area contributed by atoms with E-state index < -0.39 is 30.6 Å². The monoisotopic (exact) mass is 352 g/mol. The van der Waals surface area contributed by atoms with Crippen molar-refractivity contribution in [3.8, 4) is 5.75 Å². The van der Waals surface area contributed by atoms with Gasteiger partial charge in [0.2, 0.25) is 0 Å². The smallest absolute Gasteiger partial charge is 0.313 e. The molecule has 0 aliphatic carbocycles. The molecule has 0 N–H and O–H groups in total. The van der Waals surface area contributed by atoms with E-state index in [0.717, 1.165) is 10.8 Å². The summed E-state index contributed by atoms with van der Waals surface area (Å²) in [4.78, 5) is 26.4. The number of rotatable bonds is 9. The standard InChI is InChI=1S/C18H21NO6/c1-13(18(20)24-9-3-4-10-25-19(21)22)14-5-6-16-12-17(23-2)8-7-15(16)11-14/h5-8,11-13H,3-4,9-10H2,1-2H3/t13-/m0/s1/i2D3,10D2. The van der Waals surface area contributed by atoms with Crippen molar-refractivity contribution in [2.75, 3.05) is 20.2 Å². The topological polar surface area (TPSA) is 87.9 Å². The van der Waals surface area contributed by atoms with E-state index in [1.165, 1.54) is 6.07 Å². The van der Waals surface area contributed by atoms with Crippen LogP contribution in [0.2, 0.25) is 0 Å². The van der Waals surface area contributed by atoms with Gasteiger partial charge in [0.1, 0.15) is 5.75 Å². The normalized spacial score (nSPS) is 15.8. The van der Waals surface area contributed by atoms with Crippen LogP contribution in [0.25, 0.3) is 10.8 Å². The van der Waals surface area contributed by atoms with Gasteiger partial charge in [-0.3, -0.25) is 4.79 Å². The molecule has 1 atom stereocenters. The fourth-order valence-corrected chi connectivity index (χ4v) is 2.25. The van der Waals surface area contributed by atoms with Gasteiger partial charge in [0.15, 0.2) is 0 Å². The van der Waals surface area contributed by atoms with E-state index in [9.17, 15) is 14.9 Å². The molecule has 2 aromatic rings. The van der Waals surface area contributed by atoms with Crippen LogP contribution in [-0.4, -0.2) is 31.3 Å². The molecular formula is C18H21NO6. The molecule has 2 rings (SSSR count). The van der Waals surface area contributed by atoms with Crippen LogP contribution in [0.3, 0.4) is 0 Å². The Bertz CT molecular complexity index is 918. The molecule has 7 heteroatoms. The van der Waals surface area contributed by atoms with Crippen LogP contribution < -0.4 is 4.74 Å². The third-order valence-corrected chi connectivity index (χ3v) is 3.61. The Hall–Kier alpha value is -2.83. The maximum absolute atomic E-state index is 12.3. The number of benzene rings is 2. The maximum Gasteiger partial charge on any atom is 0.313 e. The lowest BCUT2D eigenvalue weighted by molar-refractivity contribution is -0.757. The van der Waals surface area contributed by atoms with E-state index in [0.29, 0.717) is 5.56 Å². The number of nitrogens with zero attached hydrogens (tertiary/aromatic N) is 1. The molecule has 0 saturated heterocycles. The van der Waals surface area contributed by atoms with Crippen molar-refractivity contribution < 1.29 is 31.0 Å². The van der Waals surface area contributed by atoms with Crippen molar-refractivity contribution in [3.63, 3.8) is 0 Å². The second kappa shape index (κ2) is 8.86. The highest BCUT2D eigenvalue weighted by molar-refractivity contribution is 5.86. The van der Waals surface area contributed by atoms with E-state index in [-0.39, 0.29) is 25.2 Å². The van der Waals surface area contributed by atoms with Crippen molar-refractivity contribution in [1.82, 2.24) is 0 Å². The van der Waals surface area contributed by atoms with Gasteiger partial charge >= 0.3 is 5.97 Å². The van der Waals surface area contributed by atoms with E-state index >= 15 is 0 Å². The van der Waals surface area contributed by atoms with Crippen LogP contribution in [0.15, 0.2) is 36.4 Å². The van der Waals surface area contributed by atoms with Crippen molar-refractivity contribution >= 4 is 16.7 Å². The quantitative estimate of drug-likeness (QED) is 0.297. The number of ether oxygens (including phenoxy) is 2. The number of carbonyl (C=O) groups excluding carboxylic acids is 1. The molecule has 0 aliphatic heterocycles. The predicted molar refractivity (Wildman–Crippen MR) is 92.1 cm³/mol. The molecule has 0 radical (unpaired) electrons. The number of esters is 1. The molecule has 0 saturated carbocycles. The molecule has 7 nitrogen and oxygen atoms in total. The highest BCUT2D eigenvalue weighted by Gasteiger charge is 2.17. The fraction of sp³-hybridized carbons (Fsp3) is 0.389. The Morgan fingerprint density at radius 2 is 2.04 bits per heavy atom. The summed E-state index contributed by atoms with van der Waals surface area (Å²) >= 11 is 0. The molecule has 0 unspecified atom stereocenters. The lowest BCUT2D eigenvalue weighted by atomic mass is 9.98. The van der Waals surface area contributed by atoms with E-state index in [2.05, 4.69) is 4.84 Å². The Labute approximate surface area is 152 Å². The van der Waals surface area contributed by atoms with Crippen molar-refractivity contribution in [1.29, 1.82) is 0 Å². The first-order valence-corrected chi connectivity index (χ1v) is 7.59. The third-order valence-electron chi connectivity index (χ3n) is 3.61. The van der Waals surface area contributed by atoms with Gasteiger partial charge in [-0.1, -0.05) is 24.3 Å². The van der Waals surface area contributed by atoms with Gasteiger partial charge in [0, 0.05) is 0 Å². The minimum Gasteiger partial charge on any atom is -0.497 e. The first-order chi connectivity index (χ1) is 13.9. The zero-order valence-corrected chi connectivity index (χ0v) is 13.6. The number of methoxy groups -OCH3 is 1. The summed E-state index contributed by atoms with van der Waals surface area (Å²) in [5.41, 5.74) is 0.684. The van der Waals surface area contributed by atoms with Gasteiger partial charge in [-0.2, -0.15) is 0 Å². The first-order valence-electron chi connectivity index (χ1n) is 10.1. The Morgan fingerprint density at radius 1 is 1.28 bits per heavy atom. The predicted octanol–water partition coefficient (Wildman–Crippen LogP) is 3.48. The minimum absolute atomic E-state index is 0.0588. The minimum atomic E-state index is -2.54. The summed E-state index contributed by atoms with van der Waals surface area (Å²) in [5.74, 6) is -0.907. The molecule has 0 aliphatic rings. The molecule has 0 aromatic heterocycles. The molecule has 25 heavy (non-hydrogen) atoms.